The van der Waals surface area contributed by atoms with Crippen LogP contribution in [0.5, 0.6) is 11.5 Å². The molecule has 0 saturated carbocycles. The van der Waals surface area contributed by atoms with E-state index < -0.39 is 0 Å². The SMILES string of the molecule is CC(C)(C)c1ccnc(-c2cc(Oc3ccc4c5cccnc5n5c6ccccc6nc5c4c3)cc3ccccc23)c1. The van der Waals surface area contributed by atoms with Crippen LogP contribution in [0.4, 0.5) is 0 Å². The minimum absolute atomic E-state index is 0.0232. The molecule has 0 aliphatic rings. The van der Waals surface area contributed by atoms with Gasteiger partial charge in [0.25, 0.3) is 0 Å². The number of hydrogen-bond acceptors (Lipinski definition) is 4. The van der Waals surface area contributed by atoms with E-state index in [1.807, 2.05) is 42.7 Å². The quantitative estimate of drug-likeness (QED) is 0.208. The molecule has 5 heteroatoms. The fraction of sp³-hybridized carbons (Fsp3) is 0.108. The summed E-state index contributed by atoms with van der Waals surface area (Å²) < 4.78 is 8.76. The van der Waals surface area contributed by atoms with Crippen molar-refractivity contribution in [2.24, 2.45) is 0 Å². The number of pyridine rings is 3. The number of benzene rings is 4. The highest BCUT2D eigenvalue weighted by Gasteiger charge is 2.18. The Balaban J connectivity index is 1.31. The minimum atomic E-state index is 0.0232. The molecule has 202 valence electrons. The molecule has 0 aliphatic heterocycles. The van der Waals surface area contributed by atoms with Crippen LogP contribution in [0.1, 0.15) is 26.3 Å². The molecule has 0 bridgehead atoms. The largest absolute Gasteiger partial charge is 0.457 e. The molecule has 5 nitrogen and oxygen atoms in total. The molecule has 4 heterocycles. The van der Waals surface area contributed by atoms with Crippen molar-refractivity contribution in [2.75, 3.05) is 0 Å². The van der Waals surface area contributed by atoms with E-state index in [-0.39, 0.29) is 5.41 Å². The Bertz CT molecular complexity index is 2330. The maximum atomic E-state index is 6.61. The van der Waals surface area contributed by atoms with Crippen molar-refractivity contribution < 1.29 is 4.74 Å². The van der Waals surface area contributed by atoms with E-state index >= 15 is 0 Å². The summed E-state index contributed by atoms with van der Waals surface area (Å²) in [5.41, 5.74) is 6.99. The Morgan fingerprint density at radius 1 is 0.619 bits per heavy atom. The van der Waals surface area contributed by atoms with Gasteiger partial charge in [-0.25, -0.2) is 9.97 Å². The van der Waals surface area contributed by atoms with Gasteiger partial charge in [-0.2, -0.15) is 0 Å². The lowest BCUT2D eigenvalue weighted by molar-refractivity contribution is 0.484. The first-order valence-electron chi connectivity index (χ1n) is 14.2. The third kappa shape index (κ3) is 3.89. The second kappa shape index (κ2) is 9.11. The van der Waals surface area contributed by atoms with Crippen LogP contribution in [0.15, 0.2) is 116 Å². The lowest BCUT2D eigenvalue weighted by Gasteiger charge is -2.20. The van der Waals surface area contributed by atoms with Crippen molar-refractivity contribution >= 4 is 49.3 Å². The number of rotatable bonds is 3. The van der Waals surface area contributed by atoms with E-state index in [0.29, 0.717) is 0 Å². The first kappa shape index (κ1) is 24.5. The fourth-order valence-electron chi connectivity index (χ4n) is 5.95. The van der Waals surface area contributed by atoms with Crippen LogP contribution in [0.3, 0.4) is 0 Å². The second-order valence-electron chi connectivity index (χ2n) is 11.8. The van der Waals surface area contributed by atoms with E-state index in [9.17, 15) is 0 Å². The molecule has 0 radical (unpaired) electrons. The zero-order valence-electron chi connectivity index (χ0n) is 23.7. The highest BCUT2D eigenvalue weighted by atomic mass is 16.5. The number of fused-ring (bicyclic) bond motifs is 9. The van der Waals surface area contributed by atoms with Gasteiger partial charge in [0.05, 0.1) is 16.7 Å². The van der Waals surface area contributed by atoms with Crippen LogP contribution in [0, 0.1) is 0 Å². The molecule has 42 heavy (non-hydrogen) atoms. The highest BCUT2D eigenvalue weighted by molar-refractivity contribution is 6.13. The van der Waals surface area contributed by atoms with E-state index in [4.69, 9.17) is 19.7 Å². The summed E-state index contributed by atoms with van der Waals surface area (Å²) >= 11 is 0. The van der Waals surface area contributed by atoms with Crippen molar-refractivity contribution in [2.45, 2.75) is 26.2 Å². The molecule has 0 fully saturated rings. The summed E-state index contributed by atoms with van der Waals surface area (Å²) in [6.45, 7) is 6.67. The maximum Gasteiger partial charge on any atom is 0.147 e. The van der Waals surface area contributed by atoms with Crippen LogP contribution in [-0.4, -0.2) is 19.4 Å². The number of aromatic nitrogens is 4. The van der Waals surface area contributed by atoms with Crippen molar-refractivity contribution in [3.8, 4) is 22.8 Å². The van der Waals surface area contributed by atoms with Crippen LogP contribution in [-0.2, 0) is 5.41 Å². The molecule has 0 saturated heterocycles. The smallest absolute Gasteiger partial charge is 0.147 e. The molecular formula is C37H28N4O. The molecule has 4 aromatic heterocycles. The van der Waals surface area contributed by atoms with E-state index in [1.54, 1.807) is 0 Å². The number of nitrogens with zero attached hydrogens (tertiary/aromatic N) is 4. The normalized spacial score (nSPS) is 12.2. The molecule has 8 aromatic rings. The van der Waals surface area contributed by atoms with Gasteiger partial charge in [0, 0.05) is 28.7 Å². The van der Waals surface area contributed by atoms with Crippen LogP contribution < -0.4 is 4.74 Å². The zero-order chi connectivity index (χ0) is 28.4. The Labute approximate surface area is 243 Å². The lowest BCUT2D eigenvalue weighted by Crippen LogP contribution is -2.11. The number of ether oxygens (including phenoxy) is 1. The molecular weight excluding hydrogens is 516 g/mol. The topological polar surface area (TPSA) is 52.3 Å². The average molecular weight is 545 g/mol. The first-order valence-corrected chi connectivity index (χ1v) is 14.2. The summed E-state index contributed by atoms with van der Waals surface area (Å²) in [5.74, 6) is 1.51. The second-order valence-corrected chi connectivity index (χ2v) is 11.8. The number of imidazole rings is 1. The van der Waals surface area contributed by atoms with Crippen LogP contribution in [0.2, 0.25) is 0 Å². The zero-order valence-corrected chi connectivity index (χ0v) is 23.7. The average Bonchev–Trinajstić information content (AvgIpc) is 3.41. The van der Waals surface area contributed by atoms with Crippen molar-refractivity contribution in [1.29, 1.82) is 0 Å². The Kier molecular flexibility index (Phi) is 5.32. The van der Waals surface area contributed by atoms with E-state index in [0.717, 1.165) is 72.0 Å². The molecule has 4 aromatic carbocycles. The third-order valence-corrected chi connectivity index (χ3v) is 8.05. The van der Waals surface area contributed by atoms with Crippen LogP contribution >= 0.6 is 0 Å². The summed E-state index contributed by atoms with van der Waals surface area (Å²) in [7, 11) is 0. The summed E-state index contributed by atoms with van der Waals surface area (Å²) in [4.78, 5) is 14.5. The predicted molar refractivity (Wildman–Crippen MR) is 171 cm³/mol. The Morgan fingerprint density at radius 2 is 1.45 bits per heavy atom. The van der Waals surface area contributed by atoms with Gasteiger partial charge in [0.15, 0.2) is 0 Å². The minimum Gasteiger partial charge on any atom is -0.457 e. The highest BCUT2D eigenvalue weighted by Crippen LogP contribution is 2.38. The van der Waals surface area contributed by atoms with Gasteiger partial charge in [-0.05, 0) is 93.9 Å². The number of hydrogen-bond donors (Lipinski definition) is 0. The standard InChI is InChI=1S/C37H28N4O/c1-37(2,3)24-16-18-38-33(20-24)30-22-26(19-23-9-4-5-10-27(23)30)42-25-14-15-28-29-11-8-17-39-35(29)41-34-13-7-6-12-32(34)40-36(41)31(28)21-25/h4-22H,1-3H3. The molecule has 0 amide bonds. The monoisotopic (exact) mass is 544 g/mol. The molecule has 0 N–H and O–H groups in total. The predicted octanol–water partition coefficient (Wildman–Crippen LogP) is 9.49. The molecule has 0 atom stereocenters. The van der Waals surface area contributed by atoms with Crippen molar-refractivity contribution in [3.05, 3.63) is 121 Å². The van der Waals surface area contributed by atoms with Gasteiger partial charge in [0.2, 0.25) is 0 Å². The van der Waals surface area contributed by atoms with Crippen molar-refractivity contribution in [3.63, 3.8) is 0 Å². The number of para-hydroxylation sites is 2. The molecule has 0 aliphatic carbocycles. The Morgan fingerprint density at radius 3 is 2.36 bits per heavy atom. The van der Waals surface area contributed by atoms with Gasteiger partial charge in [0.1, 0.15) is 22.8 Å². The van der Waals surface area contributed by atoms with Gasteiger partial charge in [-0.1, -0.05) is 57.2 Å². The molecule has 0 unspecified atom stereocenters. The van der Waals surface area contributed by atoms with Gasteiger partial charge in [-0.15, -0.1) is 0 Å². The molecule has 0 spiro atoms. The van der Waals surface area contributed by atoms with Gasteiger partial charge in [-0.3, -0.25) is 9.38 Å². The van der Waals surface area contributed by atoms with E-state index in [1.165, 1.54) is 5.56 Å². The Hall–Kier alpha value is -5.29. The van der Waals surface area contributed by atoms with Gasteiger partial charge >= 0.3 is 0 Å². The van der Waals surface area contributed by atoms with Crippen molar-refractivity contribution in [1.82, 2.24) is 19.4 Å². The summed E-state index contributed by atoms with van der Waals surface area (Å²) in [6.07, 6.45) is 3.74. The summed E-state index contributed by atoms with van der Waals surface area (Å²) in [6, 6.07) is 35.4. The molecule has 8 rings (SSSR count). The van der Waals surface area contributed by atoms with E-state index in [2.05, 4.69) is 98.0 Å². The maximum absolute atomic E-state index is 6.61. The third-order valence-electron chi connectivity index (χ3n) is 8.05. The summed E-state index contributed by atoms with van der Waals surface area (Å²) in [5, 5.41) is 5.44. The first-order chi connectivity index (χ1) is 20.4. The fourth-order valence-corrected chi connectivity index (χ4v) is 5.95. The van der Waals surface area contributed by atoms with Crippen LogP contribution in [0.25, 0.3) is 60.5 Å². The van der Waals surface area contributed by atoms with Gasteiger partial charge < -0.3 is 4.74 Å². The lowest BCUT2D eigenvalue weighted by atomic mass is 9.86.